The maximum absolute atomic E-state index is 4.70. The molecule has 2 N–H and O–H groups in total. The molecule has 0 saturated carbocycles. The fourth-order valence-corrected chi connectivity index (χ4v) is 2.98. The summed E-state index contributed by atoms with van der Waals surface area (Å²) in [5.74, 6) is 0.896. The molecule has 0 radical (unpaired) electrons. The second kappa shape index (κ2) is 11.1. The van der Waals surface area contributed by atoms with Crippen LogP contribution >= 0.6 is 0 Å². The second-order valence-electron chi connectivity index (χ2n) is 6.82. The summed E-state index contributed by atoms with van der Waals surface area (Å²) in [7, 11) is 2.13. The zero-order chi connectivity index (χ0) is 17.9. The van der Waals surface area contributed by atoms with Crippen molar-refractivity contribution in [2.24, 2.45) is 4.99 Å². The highest BCUT2D eigenvalue weighted by atomic mass is 15.2. The van der Waals surface area contributed by atoms with Gasteiger partial charge in [-0.2, -0.15) is 0 Å². The van der Waals surface area contributed by atoms with Crippen LogP contribution in [-0.4, -0.2) is 62.1 Å². The van der Waals surface area contributed by atoms with Crippen molar-refractivity contribution in [1.82, 2.24) is 20.4 Å². The molecule has 0 atom stereocenters. The van der Waals surface area contributed by atoms with Crippen LogP contribution in [0.25, 0.3) is 0 Å². The quantitative estimate of drug-likeness (QED) is 0.532. The maximum atomic E-state index is 4.70. The molecule has 1 heterocycles. The number of hydrogen-bond donors (Lipinski definition) is 2. The summed E-state index contributed by atoms with van der Waals surface area (Å²) >= 11 is 0. The van der Waals surface area contributed by atoms with Crippen LogP contribution in [0.2, 0.25) is 0 Å². The van der Waals surface area contributed by atoms with Crippen LogP contribution in [0.5, 0.6) is 0 Å². The molecule has 1 aliphatic heterocycles. The van der Waals surface area contributed by atoms with Crippen LogP contribution < -0.4 is 10.6 Å². The first-order chi connectivity index (χ1) is 12.2. The van der Waals surface area contributed by atoms with Crippen molar-refractivity contribution in [2.75, 3.05) is 46.3 Å². The van der Waals surface area contributed by atoms with Crippen LogP contribution in [-0.2, 0) is 13.1 Å². The van der Waals surface area contributed by atoms with Gasteiger partial charge in [-0.3, -0.25) is 4.90 Å². The first kappa shape index (κ1) is 19.7. The van der Waals surface area contributed by atoms with Gasteiger partial charge in [0.25, 0.3) is 0 Å². The molecular weight excluding hydrogens is 310 g/mol. The van der Waals surface area contributed by atoms with Crippen molar-refractivity contribution in [2.45, 2.75) is 39.8 Å². The van der Waals surface area contributed by atoms with Gasteiger partial charge in [-0.05, 0) is 57.6 Å². The molecule has 1 aliphatic rings. The van der Waals surface area contributed by atoms with E-state index < -0.39 is 0 Å². The van der Waals surface area contributed by atoms with Gasteiger partial charge in [-0.25, -0.2) is 4.99 Å². The van der Waals surface area contributed by atoms with Gasteiger partial charge in [0.05, 0.1) is 6.54 Å². The summed E-state index contributed by atoms with van der Waals surface area (Å²) in [6.07, 6.45) is 2.70. The minimum atomic E-state index is 0.711. The molecule has 2 rings (SSSR count). The number of benzene rings is 1. The lowest BCUT2D eigenvalue weighted by atomic mass is 10.1. The average molecular weight is 346 g/mol. The third-order valence-electron chi connectivity index (χ3n) is 4.72. The van der Waals surface area contributed by atoms with Gasteiger partial charge in [-0.1, -0.05) is 31.2 Å². The summed E-state index contributed by atoms with van der Waals surface area (Å²) in [5.41, 5.74) is 2.66. The molecule has 0 aliphatic carbocycles. The van der Waals surface area contributed by atoms with Crippen molar-refractivity contribution >= 4 is 5.96 Å². The second-order valence-corrected chi connectivity index (χ2v) is 6.82. The Hall–Kier alpha value is -1.59. The number of likely N-dealkylation sites (tertiary alicyclic amines) is 1. The Balaban J connectivity index is 1.81. The first-order valence-corrected chi connectivity index (χ1v) is 9.72. The SMILES string of the molecule is CCNC(=NCc1ccc(CN2CCCC2)cc1)NCCN(C)CC. The maximum Gasteiger partial charge on any atom is 0.191 e. The van der Waals surface area contributed by atoms with Crippen LogP contribution in [0.1, 0.15) is 37.8 Å². The lowest BCUT2D eigenvalue weighted by Crippen LogP contribution is -2.40. The number of aliphatic imine (C=N–C) groups is 1. The van der Waals surface area contributed by atoms with E-state index in [1.807, 2.05) is 0 Å². The first-order valence-electron chi connectivity index (χ1n) is 9.72. The van der Waals surface area contributed by atoms with E-state index in [4.69, 9.17) is 4.99 Å². The zero-order valence-electron chi connectivity index (χ0n) is 16.2. The van der Waals surface area contributed by atoms with Crippen molar-refractivity contribution in [3.63, 3.8) is 0 Å². The molecule has 1 fully saturated rings. The Morgan fingerprint density at radius 3 is 2.40 bits per heavy atom. The van der Waals surface area contributed by atoms with E-state index >= 15 is 0 Å². The summed E-state index contributed by atoms with van der Waals surface area (Å²) in [4.78, 5) is 9.53. The minimum absolute atomic E-state index is 0.711. The van der Waals surface area contributed by atoms with Crippen molar-refractivity contribution in [3.05, 3.63) is 35.4 Å². The van der Waals surface area contributed by atoms with Gasteiger partial charge in [-0.15, -0.1) is 0 Å². The molecule has 25 heavy (non-hydrogen) atoms. The highest BCUT2D eigenvalue weighted by Crippen LogP contribution is 2.13. The van der Waals surface area contributed by atoms with Crippen LogP contribution in [0.3, 0.4) is 0 Å². The molecule has 5 heteroatoms. The molecule has 1 aromatic carbocycles. The smallest absolute Gasteiger partial charge is 0.191 e. The third kappa shape index (κ3) is 7.45. The molecule has 140 valence electrons. The number of rotatable bonds is 9. The van der Waals surface area contributed by atoms with E-state index in [-0.39, 0.29) is 0 Å². The van der Waals surface area contributed by atoms with Gasteiger partial charge in [0.15, 0.2) is 5.96 Å². The molecule has 0 unspecified atom stereocenters. The van der Waals surface area contributed by atoms with Gasteiger partial charge < -0.3 is 15.5 Å². The molecule has 0 aromatic heterocycles. The fourth-order valence-electron chi connectivity index (χ4n) is 2.98. The van der Waals surface area contributed by atoms with Gasteiger partial charge in [0, 0.05) is 26.2 Å². The Morgan fingerprint density at radius 1 is 1.08 bits per heavy atom. The number of likely N-dealkylation sites (N-methyl/N-ethyl adjacent to an activating group) is 1. The van der Waals surface area contributed by atoms with E-state index in [0.29, 0.717) is 6.54 Å². The predicted octanol–water partition coefficient (Wildman–Crippen LogP) is 2.29. The van der Waals surface area contributed by atoms with Crippen LogP contribution in [0, 0.1) is 0 Å². The summed E-state index contributed by atoms with van der Waals surface area (Å²) < 4.78 is 0. The molecule has 5 nitrogen and oxygen atoms in total. The Morgan fingerprint density at radius 2 is 1.76 bits per heavy atom. The van der Waals surface area contributed by atoms with Gasteiger partial charge in [0.2, 0.25) is 0 Å². The molecule has 0 amide bonds. The van der Waals surface area contributed by atoms with E-state index in [1.54, 1.807) is 0 Å². The highest BCUT2D eigenvalue weighted by molar-refractivity contribution is 5.79. The molecular formula is C20H35N5. The molecule has 1 aromatic rings. The molecule has 0 bridgehead atoms. The number of hydrogen-bond acceptors (Lipinski definition) is 3. The largest absolute Gasteiger partial charge is 0.357 e. The summed E-state index contributed by atoms with van der Waals surface area (Å²) in [5, 5.41) is 6.72. The number of guanidine groups is 1. The summed E-state index contributed by atoms with van der Waals surface area (Å²) in [6.45, 7) is 12.4. The standard InChI is InChI=1S/C20H35N5/c1-4-21-20(22-12-15-24(3)5-2)23-16-18-8-10-19(11-9-18)17-25-13-6-7-14-25/h8-11H,4-7,12-17H2,1-3H3,(H2,21,22,23). The zero-order valence-corrected chi connectivity index (χ0v) is 16.2. The minimum Gasteiger partial charge on any atom is -0.357 e. The van der Waals surface area contributed by atoms with Crippen molar-refractivity contribution in [1.29, 1.82) is 0 Å². The Labute approximate surface area is 153 Å². The Kier molecular flexibility index (Phi) is 8.77. The lowest BCUT2D eigenvalue weighted by Gasteiger charge is -2.16. The van der Waals surface area contributed by atoms with Crippen molar-refractivity contribution < 1.29 is 0 Å². The van der Waals surface area contributed by atoms with E-state index in [9.17, 15) is 0 Å². The van der Waals surface area contributed by atoms with E-state index in [1.165, 1.54) is 37.1 Å². The average Bonchev–Trinajstić information content (AvgIpc) is 3.13. The highest BCUT2D eigenvalue weighted by Gasteiger charge is 2.11. The summed E-state index contributed by atoms with van der Waals surface area (Å²) in [6, 6.07) is 8.92. The number of nitrogens with zero attached hydrogens (tertiary/aromatic N) is 3. The van der Waals surface area contributed by atoms with Gasteiger partial charge in [0.1, 0.15) is 0 Å². The van der Waals surface area contributed by atoms with E-state index in [2.05, 4.69) is 65.6 Å². The van der Waals surface area contributed by atoms with Gasteiger partial charge >= 0.3 is 0 Å². The van der Waals surface area contributed by atoms with Crippen LogP contribution in [0.4, 0.5) is 0 Å². The molecule has 1 saturated heterocycles. The number of nitrogens with one attached hydrogen (secondary N) is 2. The molecule has 0 spiro atoms. The normalized spacial score (nSPS) is 15.8. The van der Waals surface area contributed by atoms with Crippen molar-refractivity contribution in [3.8, 4) is 0 Å². The van der Waals surface area contributed by atoms with E-state index in [0.717, 1.165) is 38.7 Å². The fraction of sp³-hybridized carbons (Fsp3) is 0.650. The third-order valence-corrected chi connectivity index (χ3v) is 4.72. The van der Waals surface area contributed by atoms with Crippen LogP contribution in [0.15, 0.2) is 29.3 Å². The topological polar surface area (TPSA) is 42.9 Å². The monoisotopic (exact) mass is 345 g/mol. The predicted molar refractivity (Wildman–Crippen MR) is 107 cm³/mol. The Bertz CT molecular complexity index is 505. The lowest BCUT2D eigenvalue weighted by molar-refractivity contribution is 0.331.